The van der Waals surface area contributed by atoms with Crippen LogP contribution in [0.1, 0.15) is 56.9 Å². The summed E-state index contributed by atoms with van der Waals surface area (Å²) in [6.07, 6.45) is 1.04. The van der Waals surface area contributed by atoms with Gasteiger partial charge in [-0.1, -0.05) is 30.3 Å². The zero-order chi connectivity index (χ0) is 22.8. The smallest absolute Gasteiger partial charge is 0.261 e. The zero-order valence-electron chi connectivity index (χ0n) is 18.4. The molecule has 0 atom stereocenters. The molecule has 1 saturated heterocycles. The van der Waals surface area contributed by atoms with Gasteiger partial charge >= 0.3 is 0 Å². The monoisotopic (exact) mass is 433 g/mol. The van der Waals surface area contributed by atoms with Crippen molar-refractivity contribution in [1.29, 1.82) is 0 Å². The third-order valence-electron chi connectivity index (χ3n) is 6.02. The van der Waals surface area contributed by atoms with E-state index in [2.05, 4.69) is 0 Å². The molecule has 32 heavy (non-hydrogen) atoms. The van der Waals surface area contributed by atoms with Gasteiger partial charge in [-0.25, -0.2) is 0 Å². The van der Waals surface area contributed by atoms with Crippen LogP contribution in [0.4, 0.5) is 0 Å². The van der Waals surface area contributed by atoms with E-state index >= 15 is 0 Å². The van der Waals surface area contributed by atoms with E-state index in [0.717, 1.165) is 5.56 Å². The van der Waals surface area contributed by atoms with Crippen LogP contribution in [0.5, 0.6) is 0 Å². The lowest BCUT2D eigenvalue weighted by Crippen LogP contribution is -2.38. The number of hydrogen-bond acceptors (Lipinski definition) is 4. The molecule has 7 heteroatoms. The third-order valence-corrected chi connectivity index (χ3v) is 6.02. The minimum Gasteiger partial charge on any atom is -0.341 e. The van der Waals surface area contributed by atoms with E-state index in [1.54, 1.807) is 30.9 Å². The second kappa shape index (κ2) is 8.94. The highest BCUT2D eigenvalue weighted by Gasteiger charge is 2.37. The molecule has 0 radical (unpaired) electrons. The fraction of sp³-hybridized carbons (Fsp3) is 0.360. The van der Waals surface area contributed by atoms with Crippen molar-refractivity contribution in [2.75, 3.05) is 26.2 Å². The van der Waals surface area contributed by atoms with Crippen molar-refractivity contribution in [1.82, 2.24) is 14.7 Å². The average Bonchev–Trinajstić information content (AvgIpc) is 2.94. The fourth-order valence-corrected chi connectivity index (χ4v) is 4.30. The lowest BCUT2D eigenvalue weighted by Gasteiger charge is -2.22. The quantitative estimate of drug-likeness (QED) is 0.695. The predicted octanol–water partition coefficient (Wildman–Crippen LogP) is 2.61. The number of carbonyl (C=O) groups excluding carboxylic acids is 4. The van der Waals surface area contributed by atoms with Crippen LogP contribution in [0.2, 0.25) is 0 Å². The number of nitrogens with zero attached hydrogens (tertiary/aromatic N) is 3. The number of imide groups is 1. The van der Waals surface area contributed by atoms with E-state index in [9.17, 15) is 19.2 Å². The summed E-state index contributed by atoms with van der Waals surface area (Å²) in [4.78, 5) is 55.7. The number of benzene rings is 2. The molecular weight excluding hydrogens is 406 g/mol. The summed E-state index contributed by atoms with van der Waals surface area (Å²) < 4.78 is 0. The highest BCUT2D eigenvalue weighted by molar-refractivity contribution is 6.22. The molecule has 2 heterocycles. The number of fused-ring (bicyclic) bond motifs is 1. The van der Waals surface area contributed by atoms with Crippen LogP contribution in [-0.4, -0.2) is 70.5 Å². The normalized spacial score (nSPS) is 16.4. The molecule has 2 aliphatic heterocycles. The molecule has 4 amide bonds. The van der Waals surface area contributed by atoms with E-state index in [1.165, 1.54) is 11.0 Å². The molecule has 0 aliphatic carbocycles. The van der Waals surface area contributed by atoms with Gasteiger partial charge in [0.05, 0.1) is 17.5 Å². The predicted molar refractivity (Wildman–Crippen MR) is 119 cm³/mol. The lowest BCUT2D eigenvalue weighted by molar-refractivity contribution is -0.130. The van der Waals surface area contributed by atoms with Crippen LogP contribution in [0.15, 0.2) is 48.5 Å². The Bertz CT molecular complexity index is 1060. The number of hydrogen-bond donors (Lipinski definition) is 0. The Morgan fingerprint density at radius 3 is 2.22 bits per heavy atom. The molecule has 0 unspecified atom stereocenters. The Morgan fingerprint density at radius 1 is 0.844 bits per heavy atom. The summed E-state index contributed by atoms with van der Waals surface area (Å²) in [7, 11) is 0. The van der Waals surface area contributed by atoms with Gasteiger partial charge in [-0.2, -0.15) is 0 Å². The van der Waals surface area contributed by atoms with Gasteiger partial charge in [-0.05, 0) is 44.0 Å². The molecule has 1 fully saturated rings. The Balaban J connectivity index is 1.43. The van der Waals surface area contributed by atoms with Gasteiger partial charge in [0.15, 0.2) is 0 Å². The van der Waals surface area contributed by atoms with Crippen LogP contribution in [0.3, 0.4) is 0 Å². The Hall–Kier alpha value is -3.48. The Labute approximate surface area is 187 Å². The van der Waals surface area contributed by atoms with Crippen LogP contribution >= 0.6 is 0 Å². The maximum Gasteiger partial charge on any atom is 0.261 e. The van der Waals surface area contributed by atoms with E-state index in [-0.39, 0.29) is 35.2 Å². The maximum absolute atomic E-state index is 13.1. The van der Waals surface area contributed by atoms with E-state index in [4.69, 9.17) is 0 Å². The van der Waals surface area contributed by atoms with Gasteiger partial charge in [0, 0.05) is 37.8 Å². The van der Waals surface area contributed by atoms with Gasteiger partial charge in [0.2, 0.25) is 5.91 Å². The van der Waals surface area contributed by atoms with Gasteiger partial charge in [0.25, 0.3) is 17.7 Å². The number of carbonyl (C=O) groups is 4. The number of amides is 4. The third kappa shape index (κ3) is 4.15. The van der Waals surface area contributed by atoms with Crippen molar-refractivity contribution in [2.45, 2.75) is 32.7 Å². The first-order chi connectivity index (χ1) is 15.4. The average molecular weight is 434 g/mol. The summed E-state index contributed by atoms with van der Waals surface area (Å²) in [6.45, 7) is 5.62. The van der Waals surface area contributed by atoms with Gasteiger partial charge in [-0.3, -0.25) is 24.1 Å². The lowest BCUT2D eigenvalue weighted by atomic mass is 10.0. The van der Waals surface area contributed by atoms with Crippen molar-refractivity contribution in [3.05, 3.63) is 70.8 Å². The molecule has 4 rings (SSSR count). The molecule has 2 aliphatic rings. The summed E-state index contributed by atoms with van der Waals surface area (Å²) in [5, 5.41) is 0. The number of rotatable bonds is 4. The minimum absolute atomic E-state index is 0.0564. The zero-order valence-corrected chi connectivity index (χ0v) is 18.4. The molecule has 0 saturated carbocycles. The Kier molecular flexibility index (Phi) is 6.08. The topological polar surface area (TPSA) is 78.0 Å². The van der Waals surface area contributed by atoms with Gasteiger partial charge in [0.1, 0.15) is 0 Å². The largest absolute Gasteiger partial charge is 0.341 e. The molecule has 0 aromatic heterocycles. The van der Waals surface area contributed by atoms with E-state index in [0.29, 0.717) is 50.1 Å². The highest BCUT2D eigenvalue weighted by atomic mass is 16.2. The van der Waals surface area contributed by atoms with Crippen molar-refractivity contribution < 1.29 is 19.2 Å². The van der Waals surface area contributed by atoms with Crippen molar-refractivity contribution in [3.63, 3.8) is 0 Å². The molecule has 7 nitrogen and oxygen atoms in total. The molecule has 0 bridgehead atoms. The van der Waals surface area contributed by atoms with Crippen molar-refractivity contribution >= 4 is 23.6 Å². The first kappa shape index (κ1) is 21.7. The van der Waals surface area contributed by atoms with Crippen LogP contribution in [0.25, 0.3) is 0 Å². The summed E-state index contributed by atoms with van der Waals surface area (Å²) in [5.41, 5.74) is 1.99. The molecule has 0 spiro atoms. The molecule has 2 aromatic carbocycles. The maximum atomic E-state index is 13.1. The van der Waals surface area contributed by atoms with E-state index < -0.39 is 0 Å². The van der Waals surface area contributed by atoms with Gasteiger partial charge in [-0.15, -0.1) is 0 Å². The van der Waals surface area contributed by atoms with Crippen molar-refractivity contribution in [3.8, 4) is 0 Å². The van der Waals surface area contributed by atoms with Crippen LogP contribution in [0, 0.1) is 0 Å². The highest BCUT2D eigenvalue weighted by Crippen LogP contribution is 2.26. The molecule has 166 valence electrons. The second-order valence-corrected chi connectivity index (χ2v) is 8.52. The SMILES string of the molecule is CC(C)N1C(=O)c2ccc(C(=O)N3CCCN(C(=O)Cc4ccccc4)CC3)cc2C1=O. The second-order valence-electron chi connectivity index (χ2n) is 8.52. The van der Waals surface area contributed by atoms with Crippen LogP contribution in [-0.2, 0) is 11.2 Å². The Morgan fingerprint density at radius 2 is 1.50 bits per heavy atom. The van der Waals surface area contributed by atoms with Gasteiger partial charge < -0.3 is 9.80 Å². The van der Waals surface area contributed by atoms with E-state index in [1.807, 2.05) is 35.2 Å². The standard InChI is InChI=1S/C25H27N3O4/c1-17(2)28-24(31)20-10-9-19(16-21(20)25(28)32)23(30)27-12-6-11-26(13-14-27)22(29)15-18-7-4-3-5-8-18/h3-5,7-10,16-17H,6,11-15H2,1-2H3. The molecule has 2 aromatic rings. The summed E-state index contributed by atoms with van der Waals surface area (Å²) >= 11 is 0. The first-order valence-electron chi connectivity index (χ1n) is 11.0. The fourth-order valence-electron chi connectivity index (χ4n) is 4.30. The van der Waals surface area contributed by atoms with Crippen molar-refractivity contribution in [2.24, 2.45) is 0 Å². The first-order valence-corrected chi connectivity index (χ1v) is 11.0. The molecular formula is C25H27N3O4. The summed E-state index contributed by atoms with van der Waals surface area (Å²) in [5.74, 6) is -0.807. The van der Waals surface area contributed by atoms with Crippen LogP contribution < -0.4 is 0 Å². The summed E-state index contributed by atoms with van der Waals surface area (Å²) in [6, 6.07) is 14.1. The molecule has 0 N–H and O–H groups in total. The minimum atomic E-state index is -0.358.